The predicted octanol–water partition coefficient (Wildman–Crippen LogP) is 1.35. The van der Waals surface area contributed by atoms with Crippen LogP contribution in [-0.2, 0) is 17.7 Å². The number of carbonyl (C=O) groups is 2. The summed E-state index contributed by atoms with van der Waals surface area (Å²) in [6, 6.07) is 15.2. The molecule has 2 aromatic rings. The highest BCUT2D eigenvalue weighted by atomic mass is 16.5. The van der Waals surface area contributed by atoms with Gasteiger partial charge in [0.2, 0.25) is 0 Å². The van der Waals surface area contributed by atoms with Gasteiger partial charge < -0.3 is 25.4 Å². The van der Waals surface area contributed by atoms with Gasteiger partial charge in [0.25, 0.3) is 11.8 Å². The van der Waals surface area contributed by atoms with Crippen LogP contribution >= 0.6 is 0 Å². The Morgan fingerprint density at radius 2 is 1.74 bits per heavy atom. The molecule has 164 valence electrons. The number of nitrogens with one attached hydrogen (secondary N) is 2. The van der Waals surface area contributed by atoms with Crippen LogP contribution < -0.4 is 10.6 Å². The quantitative estimate of drug-likeness (QED) is 0.653. The monoisotopic (exact) mass is 423 g/mol. The van der Waals surface area contributed by atoms with E-state index in [1.807, 2.05) is 12.1 Å². The van der Waals surface area contributed by atoms with Gasteiger partial charge in [0.1, 0.15) is 0 Å². The molecule has 2 unspecified atom stereocenters. The summed E-state index contributed by atoms with van der Waals surface area (Å²) in [6.45, 7) is 3.26. The number of fused-ring (bicyclic) bond motifs is 1. The second kappa shape index (κ2) is 10.0. The van der Waals surface area contributed by atoms with E-state index in [0.717, 1.165) is 13.0 Å². The summed E-state index contributed by atoms with van der Waals surface area (Å²) in [5, 5.41) is 16.6. The molecule has 0 aromatic heterocycles. The molecule has 2 heterocycles. The zero-order chi connectivity index (χ0) is 21.6. The van der Waals surface area contributed by atoms with Gasteiger partial charge in [-0.1, -0.05) is 24.3 Å². The van der Waals surface area contributed by atoms with Crippen LogP contribution in [0.25, 0.3) is 0 Å². The number of carbonyl (C=O) groups excluding carboxylic acids is 2. The molecule has 7 nitrogen and oxygen atoms in total. The molecule has 2 aliphatic heterocycles. The predicted molar refractivity (Wildman–Crippen MR) is 117 cm³/mol. The molecule has 1 saturated heterocycles. The molecule has 2 amide bonds. The fourth-order valence-electron chi connectivity index (χ4n) is 4.13. The number of nitrogens with zero attached hydrogens (tertiary/aromatic N) is 1. The maximum Gasteiger partial charge on any atom is 0.254 e. The van der Waals surface area contributed by atoms with E-state index in [1.54, 1.807) is 29.2 Å². The number of benzene rings is 2. The molecular formula is C24H29N3O4. The summed E-state index contributed by atoms with van der Waals surface area (Å²) in [5.41, 5.74) is 3.64. The van der Waals surface area contributed by atoms with E-state index in [9.17, 15) is 14.7 Å². The van der Waals surface area contributed by atoms with Gasteiger partial charge in [-0.3, -0.25) is 9.59 Å². The number of morpholine rings is 1. The summed E-state index contributed by atoms with van der Waals surface area (Å²) >= 11 is 0. The molecule has 1 fully saturated rings. The van der Waals surface area contributed by atoms with E-state index in [1.165, 1.54) is 11.1 Å². The van der Waals surface area contributed by atoms with E-state index in [4.69, 9.17) is 4.74 Å². The Labute approximate surface area is 182 Å². The van der Waals surface area contributed by atoms with Crippen LogP contribution in [0.4, 0.5) is 0 Å². The minimum Gasteiger partial charge on any atom is -0.391 e. The van der Waals surface area contributed by atoms with Gasteiger partial charge in [-0.2, -0.15) is 0 Å². The van der Waals surface area contributed by atoms with Crippen LogP contribution in [0, 0.1) is 0 Å². The average Bonchev–Trinajstić information content (AvgIpc) is 2.82. The lowest BCUT2D eigenvalue weighted by molar-refractivity contribution is 0.0303. The number of aliphatic hydroxyl groups is 1. The van der Waals surface area contributed by atoms with Crippen LogP contribution in [0.3, 0.4) is 0 Å². The van der Waals surface area contributed by atoms with Gasteiger partial charge in [0.05, 0.1) is 19.3 Å². The molecular weight excluding hydrogens is 394 g/mol. The minimum absolute atomic E-state index is 0.0489. The maximum absolute atomic E-state index is 12.5. The van der Waals surface area contributed by atoms with Gasteiger partial charge in [0.15, 0.2) is 0 Å². The largest absolute Gasteiger partial charge is 0.391 e. The first-order chi connectivity index (χ1) is 15.1. The zero-order valence-corrected chi connectivity index (χ0v) is 17.5. The maximum atomic E-state index is 12.5. The van der Waals surface area contributed by atoms with Gasteiger partial charge in [-0.25, -0.2) is 0 Å². The van der Waals surface area contributed by atoms with Crippen LogP contribution in [0.15, 0.2) is 48.5 Å². The molecule has 31 heavy (non-hydrogen) atoms. The number of amides is 2. The minimum atomic E-state index is -0.631. The zero-order valence-electron chi connectivity index (χ0n) is 17.5. The number of rotatable bonds is 6. The third-order valence-electron chi connectivity index (χ3n) is 5.91. The summed E-state index contributed by atoms with van der Waals surface area (Å²) in [5.74, 6) is -0.307. The lowest BCUT2D eigenvalue weighted by Crippen LogP contribution is -2.41. The summed E-state index contributed by atoms with van der Waals surface area (Å²) < 4.78 is 5.27. The van der Waals surface area contributed by atoms with Crippen LogP contribution in [-0.4, -0.2) is 66.8 Å². The molecule has 0 saturated carbocycles. The van der Waals surface area contributed by atoms with Gasteiger partial charge >= 0.3 is 0 Å². The number of aliphatic hydroxyl groups excluding tert-OH is 1. The van der Waals surface area contributed by atoms with E-state index in [2.05, 4.69) is 22.8 Å². The Kier molecular flexibility index (Phi) is 6.96. The van der Waals surface area contributed by atoms with Crippen LogP contribution in [0.1, 0.15) is 38.3 Å². The molecule has 2 aliphatic rings. The summed E-state index contributed by atoms with van der Waals surface area (Å²) in [7, 11) is 0. The van der Waals surface area contributed by atoms with Crippen molar-refractivity contribution in [1.82, 2.24) is 15.5 Å². The molecule has 0 spiro atoms. The first-order valence-corrected chi connectivity index (χ1v) is 10.8. The van der Waals surface area contributed by atoms with Crippen molar-refractivity contribution in [2.24, 2.45) is 0 Å². The first kappa shape index (κ1) is 21.5. The average molecular weight is 424 g/mol. The molecule has 4 rings (SSSR count). The Morgan fingerprint density at radius 3 is 2.48 bits per heavy atom. The summed E-state index contributed by atoms with van der Waals surface area (Å²) in [6.07, 6.45) is 0.815. The van der Waals surface area contributed by atoms with Crippen LogP contribution in [0.5, 0.6) is 0 Å². The van der Waals surface area contributed by atoms with E-state index in [-0.39, 0.29) is 24.4 Å². The number of ether oxygens (including phenoxy) is 1. The van der Waals surface area contributed by atoms with Crippen molar-refractivity contribution >= 4 is 11.8 Å². The van der Waals surface area contributed by atoms with E-state index < -0.39 is 6.10 Å². The SMILES string of the molecule is O=C(NCC(O)CC1Cc2ccccc2CN1)c1ccc(C(=O)N2CCOCC2)cc1. The third kappa shape index (κ3) is 5.50. The van der Waals surface area contributed by atoms with Crippen molar-refractivity contribution < 1.29 is 19.4 Å². The standard InChI is InChI=1S/C24H29N3O4/c28-22(14-21-13-19-3-1-2-4-20(19)15-25-21)16-26-23(29)17-5-7-18(8-6-17)24(30)27-9-11-31-12-10-27/h1-8,21-22,25,28H,9-16H2,(H,26,29). The smallest absolute Gasteiger partial charge is 0.254 e. The van der Waals surface area contributed by atoms with Crippen molar-refractivity contribution in [3.8, 4) is 0 Å². The van der Waals surface area contributed by atoms with Crippen molar-refractivity contribution in [3.05, 3.63) is 70.8 Å². The highest BCUT2D eigenvalue weighted by Crippen LogP contribution is 2.18. The highest BCUT2D eigenvalue weighted by molar-refractivity contribution is 5.97. The van der Waals surface area contributed by atoms with Crippen LogP contribution in [0.2, 0.25) is 0 Å². The number of hydrogen-bond donors (Lipinski definition) is 3. The molecule has 3 N–H and O–H groups in total. The van der Waals surface area contributed by atoms with Gasteiger partial charge in [-0.15, -0.1) is 0 Å². The fraction of sp³-hybridized carbons (Fsp3) is 0.417. The number of hydrogen-bond acceptors (Lipinski definition) is 5. The lowest BCUT2D eigenvalue weighted by Gasteiger charge is -2.28. The Hall–Kier alpha value is -2.74. The molecule has 7 heteroatoms. The normalized spacial score (nSPS) is 19.4. The molecule has 0 bridgehead atoms. The third-order valence-corrected chi connectivity index (χ3v) is 5.91. The summed E-state index contributed by atoms with van der Waals surface area (Å²) in [4.78, 5) is 26.7. The van der Waals surface area contributed by atoms with E-state index in [0.29, 0.717) is 43.9 Å². The van der Waals surface area contributed by atoms with Gasteiger partial charge in [0, 0.05) is 43.3 Å². The Balaban J connectivity index is 1.24. The molecule has 0 radical (unpaired) electrons. The Bertz CT molecular complexity index is 909. The van der Waals surface area contributed by atoms with E-state index >= 15 is 0 Å². The molecule has 2 atom stereocenters. The Morgan fingerprint density at radius 1 is 1.06 bits per heavy atom. The fourth-order valence-corrected chi connectivity index (χ4v) is 4.13. The van der Waals surface area contributed by atoms with Crippen molar-refractivity contribution in [2.45, 2.75) is 31.5 Å². The second-order valence-electron chi connectivity index (χ2n) is 8.13. The van der Waals surface area contributed by atoms with Crippen molar-refractivity contribution in [2.75, 3.05) is 32.8 Å². The molecule has 0 aliphatic carbocycles. The molecule has 2 aromatic carbocycles. The highest BCUT2D eigenvalue weighted by Gasteiger charge is 2.21. The second-order valence-corrected chi connectivity index (χ2v) is 8.13. The lowest BCUT2D eigenvalue weighted by atomic mass is 9.93. The first-order valence-electron chi connectivity index (χ1n) is 10.8. The van der Waals surface area contributed by atoms with Crippen molar-refractivity contribution in [3.63, 3.8) is 0 Å². The topological polar surface area (TPSA) is 90.9 Å². The van der Waals surface area contributed by atoms with Gasteiger partial charge in [-0.05, 0) is 48.2 Å². The van der Waals surface area contributed by atoms with Crippen molar-refractivity contribution in [1.29, 1.82) is 0 Å².